The molecule has 1 atom stereocenters. The lowest BCUT2D eigenvalue weighted by molar-refractivity contribution is 0.0955. The summed E-state index contributed by atoms with van der Waals surface area (Å²) in [7, 11) is 0. The summed E-state index contributed by atoms with van der Waals surface area (Å²) in [6, 6.07) is 5.50. The Morgan fingerprint density at radius 2 is 2.12 bits per heavy atom. The molecule has 2 aromatic rings. The summed E-state index contributed by atoms with van der Waals surface area (Å²) < 4.78 is 0. The second kappa shape index (κ2) is 7.10. The number of nitrogens with zero attached hydrogens (tertiary/aromatic N) is 1. The quantitative estimate of drug-likeness (QED) is 0.509. The van der Waals surface area contributed by atoms with Crippen LogP contribution in [0.5, 0.6) is 0 Å². The van der Waals surface area contributed by atoms with Crippen molar-refractivity contribution in [1.29, 1.82) is 0 Å². The van der Waals surface area contributed by atoms with Gasteiger partial charge in [-0.05, 0) is 44.9 Å². The van der Waals surface area contributed by atoms with Crippen molar-refractivity contribution in [3.8, 4) is 0 Å². The second-order valence-corrected chi connectivity index (χ2v) is 6.49. The number of amides is 2. The molecule has 1 aliphatic heterocycles. The van der Waals surface area contributed by atoms with Gasteiger partial charge in [-0.25, -0.2) is 9.78 Å². The third-order valence-electron chi connectivity index (χ3n) is 4.56. The molecular weight excluding hydrogens is 322 g/mol. The molecule has 0 aliphatic carbocycles. The van der Waals surface area contributed by atoms with Crippen molar-refractivity contribution in [2.24, 2.45) is 0 Å². The van der Waals surface area contributed by atoms with Crippen molar-refractivity contribution in [2.45, 2.75) is 31.7 Å². The minimum absolute atomic E-state index is 0.185. The van der Waals surface area contributed by atoms with Crippen LogP contribution in [0.1, 0.15) is 42.4 Å². The van der Waals surface area contributed by atoms with E-state index in [1.54, 1.807) is 6.07 Å². The zero-order valence-electron chi connectivity index (χ0n) is 14.2. The van der Waals surface area contributed by atoms with E-state index in [2.05, 4.69) is 32.8 Å². The van der Waals surface area contributed by atoms with Crippen LogP contribution < -0.4 is 16.0 Å². The zero-order chi connectivity index (χ0) is 17.9. The number of rotatable bonds is 6. The number of H-pyrrole nitrogens is 1. The Bertz CT molecular complexity index is 780. The number of carboxylic acid groups (broad SMARTS) is 1. The molecule has 1 fully saturated rings. The molecule has 1 aliphatic rings. The highest BCUT2D eigenvalue weighted by atomic mass is 16.4. The number of hydrogen-bond donors (Lipinski definition) is 5. The number of carbonyl (C=O) groups excluding carboxylic acids is 1. The third kappa shape index (κ3) is 3.74. The zero-order valence-corrected chi connectivity index (χ0v) is 14.2. The highest BCUT2D eigenvalue weighted by Crippen LogP contribution is 2.30. The molecule has 0 bridgehead atoms. The van der Waals surface area contributed by atoms with E-state index in [0.717, 1.165) is 30.7 Å². The third-order valence-corrected chi connectivity index (χ3v) is 4.56. The molecule has 0 saturated carbocycles. The first-order chi connectivity index (χ1) is 12.0. The summed E-state index contributed by atoms with van der Waals surface area (Å²) in [5, 5.41) is 17.1. The van der Waals surface area contributed by atoms with Crippen molar-refractivity contribution < 1.29 is 14.7 Å². The van der Waals surface area contributed by atoms with E-state index in [4.69, 9.17) is 5.11 Å². The van der Waals surface area contributed by atoms with Gasteiger partial charge in [-0.2, -0.15) is 0 Å². The van der Waals surface area contributed by atoms with Crippen LogP contribution in [0, 0.1) is 0 Å². The predicted molar refractivity (Wildman–Crippen MR) is 93.7 cm³/mol. The van der Waals surface area contributed by atoms with E-state index in [1.165, 1.54) is 0 Å². The van der Waals surface area contributed by atoms with Crippen LogP contribution >= 0.6 is 0 Å². The van der Waals surface area contributed by atoms with Crippen molar-refractivity contribution in [3.63, 3.8) is 0 Å². The molecule has 1 saturated heterocycles. The van der Waals surface area contributed by atoms with E-state index in [9.17, 15) is 9.59 Å². The largest absolute Gasteiger partial charge is 0.465 e. The number of carbonyl (C=O) groups is 2. The van der Waals surface area contributed by atoms with Gasteiger partial charge in [-0.3, -0.25) is 4.79 Å². The molecule has 25 heavy (non-hydrogen) atoms. The van der Waals surface area contributed by atoms with Crippen LogP contribution in [-0.4, -0.2) is 46.7 Å². The number of imidazole rings is 1. The molecule has 0 spiro atoms. The monoisotopic (exact) mass is 345 g/mol. The standard InChI is InChI=1S/C17H23N5O3/c1-17(7-3-10-20-17)15-21-12-6-2-5-11(13(12)22-15)14(23)18-8-4-9-19-16(24)25/h2,5-6,19-20H,3-4,7-10H2,1H3,(H,18,23)(H,21,22)(H,24,25). The van der Waals surface area contributed by atoms with Gasteiger partial charge in [0.15, 0.2) is 0 Å². The smallest absolute Gasteiger partial charge is 0.404 e. The Morgan fingerprint density at radius 1 is 1.32 bits per heavy atom. The van der Waals surface area contributed by atoms with Crippen molar-refractivity contribution in [3.05, 3.63) is 29.6 Å². The molecular formula is C17H23N5O3. The molecule has 2 amide bonds. The molecule has 5 N–H and O–H groups in total. The highest BCUT2D eigenvalue weighted by molar-refractivity contribution is 6.04. The van der Waals surface area contributed by atoms with Gasteiger partial charge >= 0.3 is 6.09 Å². The van der Waals surface area contributed by atoms with Gasteiger partial charge in [0.25, 0.3) is 5.91 Å². The summed E-state index contributed by atoms with van der Waals surface area (Å²) >= 11 is 0. The number of para-hydroxylation sites is 1. The maximum absolute atomic E-state index is 12.4. The number of aromatic amines is 1. The van der Waals surface area contributed by atoms with E-state index >= 15 is 0 Å². The summed E-state index contributed by atoms with van der Waals surface area (Å²) in [6.45, 7) is 3.78. The van der Waals surface area contributed by atoms with Gasteiger partial charge in [0.2, 0.25) is 0 Å². The summed E-state index contributed by atoms with van der Waals surface area (Å²) in [5.41, 5.74) is 1.83. The minimum atomic E-state index is -1.06. The lowest BCUT2D eigenvalue weighted by Crippen LogP contribution is -2.34. The average molecular weight is 345 g/mol. The SMILES string of the molecule is CC1(c2nc3c(C(=O)NCCCNC(=O)O)cccc3[nH]2)CCCN1. The first-order valence-corrected chi connectivity index (χ1v) is 8.49. The van der Waals surface area contributed by atoms with Crippen LogP contribution in [0.4, 0.5) is 4.79 Å². The normalized spacial score (nSPS) is 19.9. The Kier molecular flexibility index (Phi) is 4.89. The van der Waals surface area contributed by atoms with E-state index < -0.39 is 6.09 Å². The topological polar surface area (TPSA) is 119 Å². The lowest BCUT2D eigenvalue weighted by Gasteiger charge is -2.21. The van der Waals surface area contributed by atoms with E-state index in [-0.39, 0.29) is 11.4 Å². The molecule has 8 heteroatoms. The summed E-state index contributed by atoms with van der Waals surface area (Å²) in [5.74, 6) is 0.648. The average Bonchev–Trinajstić information content (AvgIpc) is 3.20. The van der Waals surface area contributed by atoms with Gasteiger partial charge in [-0.1, -0.05) is 6.07 Å². The number of aromatic nitrogens is 2. The maximum Gasteiger partial charge on any atom is 0.404 e. The van der Waals surface area contributed by atoms with Crippen LogP contribution in [-0.2, 0) is 5.54 Å². The van der Waals surface area contributed by atoms with Gasteiger partial charge in [0.1, 0.15) is 11.3 Å². The molecule has 0 radical (unpaired) electrons. The maximum atomic E-state index is 12.4. The predicted octanol–water partition coefficient (Wildman–Crippen LogP) is 1.55. The first kappa shape index (κ1) is 17.2. The Labute approximate surface area is 145 Å². The van der Waals surface area contributed by atoms with Gasteiger partial charge in [-0.15, -0.1) is 0 Å². The van der Waals surface area contributed by atoms with E-state index in [0.29, 0.717) is 30.6 Å². The van der Waals surface area contributed by atoms with Gasteiger partial charge < -0.3 is 26.0 Å². The Balaban J connectivity index is 1.72. The molecule has 134 valence electrons. The fourth-order valence-electron chi connectivity index (χ4n) is 3.15. The van der Waals surface area contributed by atoms with Crippen molar-refractivity contribution >= 4 is 23.0 Å². The summed E-state index contributed by atoms with van der Waals surface area (Å²) in [4.78, 5) is 30.9. The number of fused-ring (bicyclic) bond motifs is 1. The fraction of sp³-hybridized carbons (Fsp3) is 0.471. The molecule has 3 rings (SSSR count). The van der Waals surface area contributed by atoms with Gasteiger partial charge in [0.05, 0.1) is 16.6 Å². The van der Waals surface area contributed by atoms with Crippen LogP contribution in [0.25, 0.3) is 11.0 Å². The lowest BCUT2D eigenvalue weighted by atomic mass is 10.00. The molecule has 2 heterocycles. The number of benzene rings is 1. The van der Waals surface area contributed by atoms with Crippen molar-refractivity contribution in [1.82, 2.24) is 25.9 Å². The first-order valence-electron chi connectivity index (χ1n) is 8.49. The van der Waals surface area contributed by atoms with Crippen LogP contribution in [0.2, 0.25) is 0 Å². The molecule has 1 unspecified atom stereocenters. The molecule has 1 aromatic heterocycles. The van der Waals surface area contributed by atoms with Gasteiger partial charge in [0, 0.05) is 13.1 Å². The fourth-order valence-corrected chi connectivity index (χ4v) is 3.15. The van der Waals surface area contributed by atoms with Crippen LogP contribution in [0.15, 0.2) is 18.2 Å². The van der Waals surface area contributed by atoms with E-state index in [1.807, 2.05) is 12.1 Å². The minimum Gasteiger partial charge on any atom is -0.465 e. The number of nitrogens with one attached hydrogen (secondary N) is 4. The molecule has 1 aromatic carbocycles. The molecule has 8 nitrogen and oxygen atoms in total. The highest BCUT2D eigenvalue weighted by Gasteiger charge is 2.33. The van der Waals surface area contributed by atoms with Crippen molar-refractivity contribution in [2.75, 3.05) is 19.6 Å². The van der Waals surface area contributed by atoms with Crippen LogP contribution in [0.3, 0.4) is 0 Å². The number of hydrogen-bond acceptors (Lipinski definition) is 4. The Hall–Kier alpha value is -2.61. The Morgan fingerprint density at radius 3 is 2.84 bits per heavy atom. The summed E-state index contributed by atoms with van der Waals surface area (Å²) in [6.07, 6.45) is 1.58. The second-order valence-electron chi connectivity index (χ2n) is 6.49.